The van der Waals surface area contributed by atoms with Gasteiger partial charge in [-0.05, 0) is 62.6 Å². The first kappa shape index (κ1) is 19.9. The van der Waals surface area contributed by atoms with Crippen molar-refractivity contribution in [3.8, 4) is 0 Å². The van der Waals surface area contributed by atoms with E-state index in [0.717, 1.165) is 44.6 Å². The zero-order chi connectivity index (χ0) is 19.4. The Kier molecular flexibility index (Phi) is 6.22. The van der Waals surface area contributed by atoms with Gasteiger partial charge in [0.05, 0.1) is 5.56 Å². The van der Waals surface area contributed by atoms with Crippen LogP contribution in [0.15, 0.2) is 36.4 Å². The number of aryl methyl sites for hydroxylation is 1. The van der Waals surface area contributed by atoms with Gasteiger partial charge in [-0.25, -0.2) is 0 Å². The first-order chi connectivity index (χ1) is 12.8. The topological polar surface area (TPSA) is 32.3 Å². The van der Waals surface area contributed by atoms with E-state index in [1.54, 1.807) is 11.3 Å². The van der Waals surface area contributed by atoms with Crippen LogP contribution >= 0.6 is 11.3 Å². The number of nitrogens with one attached hydrogen (secondary N) is 1. The molecular formula is C20H23F3N2OS. The van der Waals surface area contributed by atoms with Crippen LogP contribution in [-0.4, -0.2) is 30.4 Å². The maximum atomic E-state index is 12.8. The van der Waals surface area contributed by atoms with Crippen LogP contribution in [0.3, 0.4) is 0 Å². The van der Waals surface area contributed by atoms with Crippen LogP contribution in [0, 0.1) is 12.8 Å². The Labute approximate surface area is 161 Å². The maximum absolute atomic E-state index is 12.8. The summed E-state index contributed by atoms with van der Waals surface area (Å²) >= 11 is 1.80. The van der Waals surface area contributed by atoms with E-state index in [0.29, 0.717) is 12.5 Å². The Bertz CT molecular complexity index is 788. The van der Waals surface area contributed by atoms with E-state index in [1.807, 2.05) is 0 Å². The Balaban J connectivity index is 1.52. The van der Waals surface area contributed by atoms with E-state index in [2.05, 4.69) is 29.3 Å². The lowest BCUT2D eigenvalue weighted by atomic mass is 9.97. The van der Waals surface area contributed by atoms with Gasteiger partial charge in [0, 0.05) is 35.0 Å². The molecule has 3 rings (SSSR count). The molecule has 1 aromatic heterocycles. The highest BCUT2D eigenvalue weighted by Gasteiger charge is 2.31. The molecule has 0 aliphatic carbocycles. The Morgan fingerprint density at radius 3 is 2.81 bits per heavy atom. The molecule has 3 nitrogen and oxygen atoms in total. The number of carbonyl (C=O) groups excluding carboxylic acids is 1. The third-order valence-electron chi connectivity index (χ3n) is 4.78. The molecule has 0 bridgehead atoms. The number of rotatable bonds is 5. The highest BCUT2D eigenvalue weighted by atomic mass is 32.1. The van der Waals surface area contributed by atoms with Crippen molar-refractivity contribution < 1.29 is 18.0 Å². The van der Waals surface area contributed by atoms with Crippen LogP contribution in [0.1, 0.15) is 38.5 Å². The number of likely N-dealkylation sites (tertiary alicyclic amines) is 1. The van der Waals surface area contributed by atoms with Gasteiger partial charge in [0.15, 0.2) is 0 Å². The summed E-state index contributed by atoms with van der Waals surface area (Å²) in [5.41, 5.74) is -0.753. The maximum Gasteiger partial charge on any atom is 0.416 e. The van der Waals surface area contributed by atoms with Crippen molar-refractivity contribution in [1.82, 2.24) is 10.2 Å². The predicted octanol–water partition coefficient (Wildman–Crippen LogP) is 4.72. The van der Waals surface area contributed by atoms with E-state index in [-0.39, 0.29) is 5.56 Å². The molecular weight excluding hydrogens is 373 g/mol. The molecule has 2 heterocycles. The average Bonchev–Trinajstić information content (AvgIpc) is 3.04. The van der Waals surface area contributed by atoms with E-state index in [9.17, 15) is 18.0 Å². The summed E-state index contributed by atoms with van der Waals surface area (Å²) in [6.45, 7) is 5.41. The van der Waals surface area contributed by atoms with Crippen molar-refractivity contribution in [2.45, 2.75) is 32.5 Å². The van der Waals surface area contributed by atoms with Crippen molar-refractivity contribution in [3.63, 3.8) is 0 Å². The minimum atomic E-state index is -4.44. The minimum absolute atomic E-state index is 0.0477. The number of halogens is 3. The molecule has 1 aliphatic rings. The van der Waals surface area contributed by atoms with Crippen LogP contribution in [0.25, 0.3) is 0 Å². The molecule has 0 spiro atoms. The largest absolute Gasteiger partial charge is 0.416 e. The number of carbonyl (C=O) groups is 1. The second-order valence-corrected chi connectivity index (χ2v) is 8.42. The zero-order valence-electron chi connectivity index (χ0n) is 15.2. The number of nitrogens with zero attached hydrogens (tertiary/aromatic N) is 1. The summed E-state index contributed by atoms with van der Waals surface area (Å²) in [5, 5.41) is 2.81. The third-order valence-corrected chi connectivity index (χ3v) is 5.77. The molecule has 27 heavy (non-hydrogen) atoms. The SMILES string of the molecule is Cc1ccc(CN2CCCC(CNC(=O)c3cccc(C(F)(F)F)c3)C2)s1. The lowest BCUT2D eigenvalue weighted by Crippen LogP contribution is -2.40. The normalized spacial score (nSPS) is 18.4. The van der Waals surface area contributed by atoms with Gasteiger partial charge in [0.2, 0.25) is 0 Å². The molecule has 1 saturated heterocycles. The Morgan fingerprint density at radius 1 is 1.30 bits per heavy atom. The predicted molar refractivity (Wildman–Crippen MR) is 101 cm³/mol. The average molecular weight is 396 g/mol. The summed E-state index contributed by atoms with van der Waals surface area (Å²) < 4.78 is 38.4. The first-order valence-electron chi connectivity index (χ1n) is 9.04. The van der Waals surface area contributed by atoms with E-state index < -0.39 is 17.6 Å². The molecule has 1 aliphatic heterocycles. The van der Waals surface area contributed by atoms with Gasteiger partial charge in [-0.3, -0.25) is 9.69 Å². The molecule has 0 saturated carbocycles. The monoisotopic (exact) mass is 396 g/mol. The van der Waals surface area contributed by atoms with Gasteiger partial charge in [-0.1, -0.05) is 6.07 Å². The Hall–Kier alpha value is -1.86. The van der Waals surface area contributed by atoms with Crippen LogP contribution < -0.4 is 5.32 Å². The van der Waals surface area contributed by atoms with Crippen molar-refractivity contribution in [2.24, 2.45) is 5.92 Å². The summed E-state index contributed by atoms with van der Waals surface area (Å²) in [7, 11) is 0. The van der Waals surface area contributed by atoms with E-state index >= 15 is 0 Å². The second kappa shape index (κ2) is 8.44. The minimum Gasteiger partial charge on any atom is -0.352 e. The molecule has 146 valence electrons. The standard InChI is InChI=1S/C20H23F3N2OS/c1-14-7-8-18(27-14)13-25-9-3-4-15(12-25)11-24-19(26)16-5-2-6-17(10-16)20(21,22)23/h2,5-8,10,15H,3-4,9,11-13H2,1H3,(H,24,26). The summed E-state index contributed by atoms with van der Waals surface area (Å²) in [5.74, 6) is -0.137. The molecule has 2 aromatic rings. The molecule has 1 aromatic carbocycles. The lowest BCUT2D eigenvalue weighted by Gasteiger charge is -2.32. The quantitative estimate of drug-likeness (QED) is 0.793. The molecule has 1 atom stereocenters. The van der Waals surface area contributed by atoms with Crippen LogP contribution in [-0.2, 0) is 12.7 Å². The van der Waals surface area contributed by atoms with Gasteiger partial charge in [-0.15, -0.1) is 11.3 Å². The highest BCUT2D eigenvalue weighted by molar-refractivity contribution is 7.11. The second-order valence-electron chi connectivity index (χ2n) is 7.04. The van der Waals surface area contributed by atoms with Gasteiger partial charge in [0.1, 0.15) is 0 Å². The van der Waals surface area contributed by atoms with Crippen LogP contribution in [0.5, 0.6) is 0 Å². The number of hydrogen-bond donors (Lipinski definition) is 1. The number of benzene rings is 1. The molecule has 1 amide bonds. The molecule has 7 heteroatoms. The van der Waals surface area contributed by atoms with E-state index in [1.165, 1.54) is 21.9 Å². The van der Waals surface area contributed by atoms with Gasteiger partial charge < -0.3 is 5.32 Å². The molecule has 0 radical (unpaired) electrons. The highest BCUT2D eigenvalue weighted by Crippen LogP contribution is 2.29. The van der Waals surface area contributed by atoms with Crippen LogP contribution in [0.4, 0.5) is 13.2 Å². The lowest BCUT2D eigenvalue weighted by molar-refractivity contribution is -0.137. The molecule has 1 unspecified atom stereocenters. The smallest absolute Gasteiger partial charge is 0.352 e. The van der Waals surface area contributed by atoms with Crippen LogP contribution in [0.2, 0.25) is 0 Å². The Morgan fingerprint density at radius 2 is 2.11 bits per heavy atom. The summed E-state index contributed by atoms with van der Waals surface area (Å²) in [6, 6.07) is 8.83. The molecule has 1 N–H and O–H groups in total. The van der Waals surface area contributed by atoms with E-state index in [4.69, 9.17) is 0 Å². The number of thiophene rings is 1. The zero-order valence-corrected chi connectivity index (χ0v) is 16.0. The number of hydrogen-bond acceptors (Lipinski definition) is 3. The number of alkyl halides is 3. The summed E-state index contributed by atoms with van der Waals surface area (Å²) in [6.07, 6.45) is -2.36. The fourth-order valence-electron chi connectivity index (χ4n) is 3.43. The van der Waals surface area contributed by atoms with Crippen molar-refractivity contribution in [1.29, 1.82) is 0 Å². The fraction of sp³-hybridized carbons (Fsp3) is 0.450. The van der Waals surface area contributed by atoms with Gasteiger partial charge >= 0.3 is 6.18 Å². The van der Waals surface area contributed by atoms with Crippen molar-refractivity contribution in [3.05, 3.63) is 57.3 Å². The first-order valence-corrected chi connectivity index (χ1v) is 9.86. The van der Waals surface area contributed by atoms with Crippen molar-refractivity contribution >= 4 is 17.2 Å². The molecule has 1 fully saturated rings. The van der Waals surface area contributed by atoms with Crippen molar-refractivity contribution in [2.75, 3.05) is 19.6 Å². The van der Waals surface area contributed by atoms with Gasteiger partial charge in [-0.2, -0.15) is 13.2 Å². The number of amides is 1. The fourth-order valence-corrected chi connectivity index (χ4v) is 4.36. The van der Waals surface area contributed by atoms with Gasteiger partial charge in [0.25, 0.3) is 5.91 Å². The third kappa shape index (κ3) is 5.56. The summed E-state index contributed by atoms with van der Waals surface area (Å²) in [4.78, 5) is 17.3. The number of piperidine rings is 1.